The van der Waals surface area contributed by atoms with Gasteiger partial charge < -0.3 is 46.1 Å². The summed E-state index contributed by atoms with van der Waals surface area (Å²) in [5, 5.41) is 30.6. The average Bonchev–Trinajstić information content (AvgIpc) is 3.60. The smallest absolute Gasteiger partial charge is 0.407 e. The molecule has 16 heteroatoms. The van der Waals surface area contributed by atoms with E-state index in [1.54, 1.807) is 0 Å². The summed E-state index contributed by atoms with van der Waals surface area (Å²) in [5.74, 6) is 0. The minimum atomic E-state index is -4.27. The second-order valence-electron chi connectivity index (χ2n) is 12.4. The van der Waals surface area contributed by atoms with Gasteiger partial charge in [-0.2, -0.15) is 0 Å². The minimum absolute atomic E-state index is 0.00748. The Balaban J connectivity index is 1.31. The quantitative estimate of drug-likeness (QED) is 0.109. The van der Waals surface area contributed by atoms with Gasteiger partial charge in [-0.3, -0.25) is 0 Å². The molecular formula is C32H46N6O9S. The van der Waals surface area contributed by atoms with Crippen molar-refractivity contribution < 1.29 is 42.4 Å². The average molecular weight is 691 g/mol. The molecule has 5 rings (SSSR count). The molecule has 2 aromatic rings. The first-order valence-corrected chi connectivity index (χ1v) is 17.8. The monoisotopic (exact) mass is 690 g/mol. The maximum Gasteiger partial charge on any atom is 0.407 e. The summed E-state index contributed by atoms with van der Waals surface area (Å²) in [6.45, 7) is 0.953. The molecule has 3 aliphatic heterocycles. The van der Waals surface area contributed by atoms with Gasteiger partial charge in [-0.25, -0.2) is 23.0 Å². The molecule has 0 saturated carbocycles. The lowest BCUT2D eigenvalue weighted by Crippen LogP contribution is -2.59. The molecule has 8 N–H and O–H groups in total. The number of aliphatic hydroxyl groups excluding tert-OH is 2. The van der Waals surface area contributed by atoms with Gasteiger partial charge in [-0.1, -0.05) is 36.4 Å². The van der Waals surface area contributed by atoms with Gasteiger partial charge in [-0.05, 0) is 48.9 Å². The Morgan fingerprint density at radius 1 is 1.08 bits per heavy atom. The molecule has 0 aromatic heterocycles. The number of sulfonamides is 1. The van der Waals surface area contributed by atoms with Crippen molar-refractivity contribution in [2.75, 3.05) is 38.6 Å². The van der Waals surface area contributed by atoms with E-state index in [1.807, 2.05) is 30.3 Å². The molecule has 3 heterocycles. The second-order valence-corrected chi connectivity index (χ2v) is 14.1. The second kappa shape index (κ2) is 16.7. The van der Waals surface area contributed by atoms with E-state index in [4.69, 9.17) is 19.9 Å². The van der Waals surface area contributed by atoms with Crippen LogP contribution in [0.25, 0.3) is 0 Å². The van der Waals surface area contributed by atoms with Gasteiger partial charge in [0.05, 0.1) is 43.3 Å². The first kappa shape index (κ1) is 35.8. The van der Waals surface area contributed by atoms with Gasteiger partial charge in [0.25, 0.3) is 10.0 Å². The van der Waals surface area contributed by atoms with E-state index < -0.39 is 40.4 Å². The number of hydrazine groups is 1. The Morgan fingerprint density at radius 3 is 2.58 bits per heavy atom. The third-order valence-electron chi connectivity index (χ3n) is 8.74. The molecule has 2 aromatic carbocycles. The molecule has 6 atom stereocenters. The Labute approximate surface area is 280 Å². The molecule has 0 radical (unpaired) electrons. The maximum absolute atomic E-state index is 13.5. The largest absolute Gasteiger partial charge is 0.446 e. The SMILES string of the molecule is Nc1cc(CO)ccc1S(=O)(=O)NN(CC1CCNC(=O)N1)C[C@@H](O)[C@H](Cc1ccccc1)NC(=O)O[C@H]1CCO[C@@H]([C@@H]2CCCO2)C1. The number of carbonyl (C=O) groups excluding carboxylic acids is 2. The summed E-state index contributed by atoms with van der Waals surface area (Å²) in [6, 6.07) is 11.7. The summed E-state index contributed by atoms with van der Waals surface area (Å²) in [5.41, 5.74) is 7.25. The molecule has 3 fully saturated rings. The number of urea groups is 1. The Hall–Kier alpha value is -3.51. The highest BCUT2D eigenvalue weighted by Gasteiger charge is 2.35. The summed E-state index contributed by atoms with van der Waals surface area (Å²) >= 11 is 0. The number of nitrogens with zero attached hydrogens (tertiary/aromatic N) is 1. The van der Waals surface area contributed by atoms with Crippen molar-refractivity contribution in [3.63, 3.8) is 0 Å². The van der Waals surface area contributed by atoms with E-state index >= 15 is 0 Å². The van der Waals surface area contributed by atoms with Crippen LogP contribution in [0.1, 0.15) is 43.2 Å². The van der Waals surface area contributed by atoms with E-state index in [0.29, 0.717) is 44.6 Å². The van der Waals surface area contributed by atoms with Crippen LogP contribution in [-0.4, -0.2) is 105 Å². The number of nitrogen functional groups attached to an aromatic ring is 1. The van der Waals surface area contributed by atoms with Crippen molar-refractivity contribution in [2.24, 2.45) is 0 Å². The number of hydrogen-bond acceptors (Lipinski definition) is 11. The Bertz CT molecular complexity index is 1480. The van der Waals surface area contributed by atoms with Crippen LogP contribution in [0.5, 0.6) is 0 Å². The molecule has 0 spiro atoms. The summed E-state index contributed by atoms with van der Waals surface area (Å²) in [7, 11) is -4.27. The molecule has 0 aliphatic carbocycles. The van der Waals surface area contributed by atoms with E-state index in [9.17, 15) is 28.2 Å². The van der Waals surface area contributed by atoms with E-state index in [2.05, 4.69) is 20.8 Å². The molecule has 48 heavy (non-hydrogen) atoms. The lowest BCUT2D eigenvalue weighted by Gasteiger charge is -2.34. The van der Waals surface area contributed by atoms with Crippen molar-refractivity contribution in [3.8, 4) is 0 Å². The minimum Gasteiger partial charge on any atom is -0.446 e. The molecule has 0 bridgehead atoms. The predicted octanol–water partition coefficient (Wildman–Crippen LogP) is 0.753. The van der Waals surface area contributed by atoms with E-state index in [-0.39, 0.29) is 54.9 Å². The number of anilines is 1. The van der Waals surface area contributed by atoms with E-state index in [0.717, 1.165) is 18.4 Å². The summed E-state index contributed by atoms with van der Waals surface area (Å²) in [4.78, 5) is 27.6. The number of nitrogens with two attached hydrogens (primary N) is 1. The van der Waals surface area contributed by atoms with Crippen LogP contribution < -0.4 is 26.5 Å². The Kier molecular flexibility index (Phi) is 12.5. The molecule has 3 amide bonds. The van der Waals surface area contributed by atoms with Crippen LogP contribution in [0, 0.1) is 0 Å². The number of nitrogens with one attached hydrogen (secondary N) is 4. The number of hydrogen-bond donors (Lipinski definition) is 7. The normalized spacial score (nSPS) is 24.4. The number of rotatable bonds is 14. The summed E-state index contributed by atoms with van der Waals surface area (Å²) < 4.78 is 44.6. The molecule has 1 unspecified atom stereocenters. The topological polar surface area (TPSA) is 214 Å². The van der Waals surface area contributed by atoms with Gasteiger partial charge in [0, 0.05) is 45.1 Å². The van der Waals surface area contributed by atoms with Gasteiger partial charge in [0.15, 0.2) is 0 Å². The molecule has 15 nitrogen and oxygen atoms in total. The standard InChI is InChI=1S/C32H46N6O9S/c33-25-15-22(20-39)8-9-30(25)48(43,44)37-38(18-23-10-12-34-31(41)35-23)19-27(40)26(16-21-5-2-1-3-6-21)36-32(42)47-24-11-14-46-29(17-24)28-7-4-13-45-28/h1-3,5-6,8-9,15,23-24,26-29,37,39-40H,4,7,10-14,16-20,33H2,(H,36,42)(H2,34,35,41)/t23?,24-,26-,27+,28-,29+/m0/s1. The highest BCUT2D eigenvalue weighted by Crippen LogP contribution is 2.27. The molecule has 3 aliphatic rings. The van der Waals surface area contributed by atoms with Crippen LogP contribution in [0.4, 0.5) is 15.3 Å². The van der Waals surface area contributed by atoms with Crippen LogP contribution in [0.2, 0.25) is 0 Å². The fourth-order valence-corrected chi connectivity index (χ4v) is 7.48. The number of carbonyl (C=O) groups is 2. The molecular weight excluding hydrogens is 644 g/mol. The van der Waals surface area contributed by atoms with Crippen molar-refractivity contribution in [1.82, 2.24) is 25.8 Å². The van der Waals surface area contributed by atoms with Gasteiger partial charge >= 0.3 is 12.1 Å². The van der Waals surface area contributed by atoms with Crippen LogP contribution in [0.3, 0.4) is 0 Å². The number of alkyl carbamates (subject to hydrolysis) is 1. The molecule has 3 saturated heterocycles. The Morgan fingerprint density at radius 2 is 1.88 bits per heavy atom. The van der Waals surface area contributed by atoms with Crippen LogP contribution in [0.15, 0.2) is 53.4 Å². The lowest BCUT2D eigenvalue weighted by atomic mass is 10.00. The highest BCUT2D eigenvalue weighted by molar-refractivity contribution is 7.89. The fourth-order valence-electron chi connectivity index (χ4n) is 6.28. The number of aliphatic hydroxyl groups is 2. The number of benzene rings is 2. The van der Waals surface area contributed by atoms with E-state index in [1.165, 1.54) is 23.2 Å². The summed E-state index contributed by atoms with van der Waals surface area (Å²) in [6.07, 6.45) is 1.07. The van der Waals surface area contributed by atoms with Gasteiger partial charge in [0.2, 0.25) is 0 Å². The third-order valence-corrected chi connectivity index (χ3v) is 10.2. The number of ether oxygens (including phenoxy) is 3. The zero-order valence-corrected chi connectivity index (χ0v) is 27.6. The molecule has 264 valence electrons. The fraction of sp³-hybridized carbons (Fsp3) is 0.562. The van der Waals surface area contributed by atoms with Crippen LogP contribution in [-0.2, 0) is 37.3 Å². The first-order chi connectivity index (χ1) is 23.1. The maximum atomic E-state index is 13.5. The lowest BCUT2D eigenvalue weighted by molar-refractivity contribution is -0.104. The third kappa shape index (κ3) is 10.0. The van der Waals surface area contributed by atoms with Crippen molar-refractivity contribution in [1.29, 1.82) is 0 Å². The highest BCUT2D eigenvalue weighted by atomic mass is 32.2. The van der Waals surface area contributed by atoms with Crippen molar-refractivity contribution >= 4 is 27.8 Å². The van der Waals surface area contributed by atoms with Gasteiger partial charge in [-0.15, -0.1) is 4.83 Å². The van der Waals surface area contributed by atoms with Crippen molar-refractivity contribution in [3.05, 3.63) is 59.7 Å². The van der Waals surface area contributed by atoms with Crippen molar-refractivity contribution in [2.45, 2.75) is 86.5 Å². The zero-order chi connectivity index (χ0) is 34.1. The number of amides is 3. The first-order valence-electron chi connectivity index (χ1n) is 16.3. The van der Waals surface area contributed by atoms with Gasteiger partial charge in [0.1, 0.15) is 11.0 Å². The predicted molar refractivity (Wildman–Crippen MR) is 175 cm³/mol. The van der Waals surface area contributed by atoms with Crippen LogP contribution >= 0.6 is 0 Å². The zero-order valence-electron chi connectivity index (χ0n) is 26.8.